The second-order valence-corrected chi connectivity index (χ2v) is 8.32. The number of amides is 2. The lowest BCUT2D eigenvalue weighted by Crippen LogP contribution is -2.33. The largest absolute Gasteiger partial charge is 0.497 e. The van der Waals surface area contributed by atoms with Crippen LogP contribution in [0.1, 0.15) is 18.5 Å². The van der Waals surface area contributed by atoms with Gasteiger partial charge in [-0.1, -0.05) is 47.1 Å². The van der Waals surface area contributed by atoms with Crippen molar-refractivity contribution in [3.05, 3.63) is 69.3 Å². The van der Waals surface area contributed by atoms with Crippen molar-refractivity contribution in [1.29, 1.82) is 0 Å². The van der Waals surface area contributed by atoms with Crippen LogP contribution in [-0.2, 0) is 9.59 Å². The Balaban J connectivity index is 1.75. The summed E-state index contributed by atoms with van der Waals surface area (Å²) in [4.78, 5) is 29.0. The summed E-state index contributed by atoms with van der Waals surface area (Å²) in [5.74, 6) is -0.0191. The van der Waals surface area contributed by atoms with E-state index in [0.717, 1.165) is 0 Å². The van der Waals surface area contributed by atoms with Gasteiger partial charge in [-0.25, -0.2) is 4.99 Å². The number of hydrogen-bond acceptors (Lipinski definition) is 6. The molecular weight excluding hydrogens is 459 g/mol. The van der Waals surface area contributed by atoms with Crippen LogP contribution in [-0.4, -0.2) is 29.8 Å². The maximum Gasteiger partial charge on any atom is 0.248 e. The molecule has 0 radical (unpaired) electrons. The average molecular weight is 479 g/mol. The molecule has 0 spiro atoms. The van der Waals surface area contributed by atoms with Crippen molar-refractivity contribution in [2.75, 3.05) is 18.2 Å². The quantitative estimate of drug-likeness (QED) is 0.578. The number of methoxy groups -OCH3 is 1. The molecule has 0 unspecified atom stereocenters. The first-order valence-electron chi connectivity index (χ1n) is 9.16. The number of thioether (sulfide) groups is 1. The minimum Gasteiger partial charge on any atom is -0.497 e. The fraction of sp³-hybridized carbons (Fsp3) is 0.190. The molecule has 0 aromatic heterocycles. The van der Waals surface area contributed by atoms with Gasteiger partial charge in [-0.3, -0.25) is 9.59 Å². The minimum atomic E-state index is -0.725. The van der Waals surface area contributed by atoms with Crippen LogP contribution in [0.2, 0.25) is 10.0 Å². The maximum atomic E-state index is 12.3. The molecule has 0 aliphatic carbocycles. The van der Waals surface area contributed by atoms with Crippen LogP contribution in [0, 0.1) is 0 Å². The van der Waals surface area contributed by atoms with Gasteiger partial charge in [0.05, 0.1) is 28.5 Å². The number of carbonyl (C=O) groups excluding carboxylic acids is 2. The van der Waals surface area contributed by atoms with Gasteiger partial charge in [0, 0.05) is 16.9 Å². The highest BCUT2D eigenvalue weighted by Gasteiger charge is 2.30. The average Bonchev–Trinajstić information content (AvgIpc) is 2.74. The predicted molar refractivity (Wildman–Crippen MR) is 126 cm³/mol. The van der Waals surface area contributed by atoms with Crippen molar-refractivity contribution in [2.24, 2.45) is 10.7 Å². The first-order chi connectivity index (χ1) is 14.8. The third-order valence-corrected chi connectivity index (χ3v) is 6.19. The summed E-state index contributed by atoms with van der Waals surface area (Å²) in [7, 11) is 1.58. The molecule has 1 heterocycles. The molecule has 1 atom stereocenters. The molecule has 2 amide bonds. The van der Waals surface area contributed by atoms with E-state index in [4.69, 9.17) is 33.7 Å². The molecule has 2 aromatic carbocycles. The van der Waals surface area contributed by atoms with E-state index >= 15 is 0 Å². The molecule has 31 heavy (non-hydrogen) atoms. The first kappa shape index (κ1) is 23.0. The molecule has 0 saturated heterocycles. The van der Waals surface area contributed by atoms with Crippen molar-refractivity contribution >= 4 is 57.6 Å². The number of nitrogens with zero attached hydrogens (tertiary/aromatic N) is 1. The molecule has 1 aliphatic heterocycles. The first-order valence-corrected chi connectivity index (χ1v) is 10.9. The second-order valence-electron chi connectivity index (χ2n) is 6.57. The Bertz CT molecular complexity index is 1070. The summed E-state index contributed by atoms with van der Waals surface area (Å²) in [6.07, 6.45) is 0. The Morgan fingerprint density at radius 1 is 1.23 bits per heavy atom. The highest BCUT2D eigenvalue weighted by Crippen LogP contribution is 2.38. The van der Waals surface area contributed by atoms with Gasteiger partial charge in [0.1, 0.15) is 11.8 Å². The van der Waals surface area contributed by atoms with Crippen LogP contribution >= 0.6 is 35.0 Å². The van der Waals surface area contributed by atoms with E-state index in [0.29, 0.717) is 37.9 Å². The lowest BCUT2D eigenvalue weighted by molar-refractivity contribution is -0.115. The zero-order chi connectivity index (χ0) is 22.5. The number of carbonyl (C=O) groups is 2. The molecule has 0 bridgehead atoms. The summed E-state index contributed by atoms with van der Waals surface area (Å²) < 4.78 is 5.10. The standard InChI is InChI=1S/C21H20Cl2N4O3S/c1-11-17(20(24)29)19(14-4-3-5-15(22)18(14)23)27-21(25-11)31-10-16(28)26-12-6-8-13(30-2)9-7-12/h3-9,19H,10H2,1-2H3,(H2,24,29)(H,25,27)(H,26,28)/t19-/m1/s1. The number of amidine groups is 1. The lowest BCUT2D eigenvalue weighted by atomic mass is 9.96. The van der Waals surface area contributed by atoms with E-state index in [2.05, 4.69) is 15.6 Å². The molecule has 2 aromatic rings. The normalized spacial score (nSPS) is 15.7. The SMILES string of the molecule is COc1ccc(NC(=O)CSC2=N[C@H](c3cccc(Cl)c3Cl)C(C(N)=O)=C(C)N2)cc1. The Morgan fingerprint density at radius 3 is 2.58 bits per heavy atom. The Morgan fingerprint density at radius 2 is 1.94 bits per heavy atom. The molecule has 3 rings (SSSR count). The zero-order valence-corrected chi connectivity index (χ0v) is 19.1. The number of benzene rings is 2. The number of nitrogens with one attached hydrogen (secondary N) is 2. The topological polar surface area (TPSA) is 106 Å². The smallest absolute Gasteiger partial charge is 0.248 e. The van der Waals surface area contributed by atoms with Crippen molar-refractivity contribution < 1.29 is 14.3 Å². The summed E-state index contributed by atoms with van der Waals surface area (Å²) in [6.45, 7) is 1.72. The third kappa shape index (κ3) is 5.52. The molecule has 7 nitrogen and oxygen atoms in total. The van der Waals surface area contributed by atoms with Gasteiger partial charge in [-0.05, 0) is 37.3 Å². The van der Waals surface area contributed by atoms with Gasteiger partial charge >= 0.3 is 0 Å². The van der Waals surface area contributed by atoms with E-state index in [1.165, 1.54) is 11.8 Å². The van der Waals surface area contributed by atoms with Gasteiger partial charge in [-0.2, -0.15) is 0 Å². The maximum absolute atomic E-state index is 12.3. The van der Waals surface area contributed by atoms with Crippen LogP contribution in [0.25, 0.3) is 0 Å². The number of ether oxygens (including phenoxy) is 1. The van der Waals surface area contributed by atoms with Gasteiger partial charge in [0.2, 0.25) is 11.8 Å². The predicted octanol–water partition coefficient (Wildman–Crippen LogP) is 4.13. The minimum absolute atomic E-state index is 0.104. The number of aliphatic imine (C=N–C) groups is 1. The van der Waals surface area contributed by atoms with Crippen molar-refractivity contribution in [3.63, 3.8) is 0 Å². The summed E-state index contributed by atoms with van der Waals surface area (Å²) >= 11 is 13.7. The molecule has 0 saturated carbocycles. The van der Waals surface area contributed by atoms with Crippen molar-refractivity contribution in [1.82, 2.24) is 5.32 Å². The fourth-order valence-corrected chi connectivity index (χ4v) is 4.16. The van der Waals surface area contributed by atoms with Crippen LogP contribution in [0.3, 0.4) is 0 Å². The fourth-order valence-electron chi connectivity index (χ4n) is 3.00. The van der Waals surface area contributed by atoms with Crippen LogP contribution in [0.15, 0.2) is 58.7 Å². The Hall–Kier alpha value is -2.68. The highest BCUT2D eigenvalue weighted by molar-refractivity contribution is 8.14. The third-order valence-electron chi connectivity index (χ3n) is 4.47. The van der Waals surface area contributed by atoms with Crippen LogP contribution < -0.4 is 21.1 Å². The van der Waals surface area contributed by atoms with Gasteiger partial charge in [0.15, 0.2) is 5.17 Å². The number of allylic oxidation sites excluding steroid dienone is 1. The van der Waals surface area contributed by atoms with Crippen molar-refractivity contribution in [2.45, 2.75) is 13.0 Å². The highest BCUT2D eigenvalue weighted by atomic mass is 35.5. The van der Waals surface area contributed by atoms with Crippen LogP contribution in [0.5, 0.6) is 5.75 Å². The van der Waals surface area contributed by atoms with E-state index < -0.39 is 11.9 Å². The summed E-state index contributed by atoms with van der Waals surface area (Å²) in [5.41, 5.74) is 7.63. The second kappa shape index (κ2) is 10.1. The number of primary amides is 1. The number of hydrogen-bond donors (Lipinski definition) is 3. The molecule has 162 valence electrons. The molecule has 4 N–H and O–H groups in total. The number of nitrogens with two attached hydrogens (primary N) is 1. The van der Waals surface area contributed by atoms with E-state index in [1.54, 1.807) is 56.5 Å². The van der Waals surface area contributed by atoms with E-state index in [1.807, 2.05) is 0 Å². The van der Waals surface area contributed by atoms with E-state index in [-0.39, 0.29) is 17.2 Å². The monoisotopic (exact) mass is 478 g/mol. The van der Waals surface area contributed by atoms with E-state index in [9.17, 15) is 9.59 Å². The number of rotatable bonds is 6. The lowest BCUT2D eigenvalue weighted by Gasteiger charge is -2.26. The Kier molecular flexibility index (Phi) is 7.48. The van der Waals surface area contributed by atoms with Crippen LogP contribution in [0.4, 0.5) is 5.69 Å². The van der Waals surface area contributed by atoms with Gasteiger partial charge in [0.25, 0.3) is 0 Å². The summed E-state index contributed by atoms with van der Waals surface area (Å²) in [6, 6.07) is 11.4. The molecule has 0 fully saturated rings. The number of halogens is 2. The zero-order valence-electron chi connectivity index (χ0n) is 16.7. The van der Waals surface area contributed by atoms with Gasteiger partial charge < -0.3 is 21.1 Å². The van der Waals surface area contributed by atoms with Gasteiger partial charge in [-0.15, -0.1) is 0 Å². The molecule has 1 aliphatic rings. The Labute approximate surface area is 194 Å². The van der Waals surface area contributed by atoms with Crippen molar-refractivity contribution in [3.8, 4) is 5.75 Å². The molecular formula is C21H20Cl2N4O3S. The molecule has 10 heteroatoms. The summed E-state index contributed by atoms with van der Waals surface area (Å²) in [5, 5.41) is 6.96. The number of anilines is 1.